The van der Waals surface area contributed by atoms with Crippen LogP contribution < -0.4 is 0 Å². The summed E-state index contributed by atoms with van der Waals surface area (Å²) >= 11 is 0. The van der Waals surface area contributed by atoms with Gasteiger partial charge in [-0.15, -0.1) is 0 Å². The quantitative estimate of drug-likeness (QED) is 0.661. The fraction of sp³-hybridized carbons (Fsp3) is 0.778. The van der Waals surface area contributed by atoms with Gasteiger partial charge >= 0.3 is 0 Å². The van der Waals surface area contributed by atoms with Crippen molar-refractivity contribution in [2.24, 2.45) is 9.78 Å². The molecule has 1 heterocycles. The van der Waals surface area contributed by atoms with Crippen LogP contribution in [-0.2, 0) is 14.5 Å². The molecule has 0 atom stereocenters. The molecule has 14 heavy (non-hydrogen) atoms. The largest absolute Gasteiger partial charge is 0.273 e. The molecule has 1 fully saturated rings. The summed E-state index contributed by atoms with van der Waals surface area (Å²) < 4.78 is 15.6. The lowest BCUT2D eigenvalue weighted by atomic mass is 9.95. The molecule has 0 saturated carbocycles. The van der Waals surface area contributed by atoms with Gasteiger partial charge in [-0.1, -0.05) is 0 Å². The van der Waals surface area contributed by atoms with Crippen LogP contribution in [0.3, 0.4) is 0 Å². The Morgan fingerprint density at radius 2 is 1.93 bits per heavy atom. The number of hydrogen-bond donors (Lipinski definition) is 0. The van der Waals surface area contributed by atoms with Gasteiger partial charge in [0.05, 0.1) is 15.8 Å². The van der Waals surface area contributed by atoms with E-state index < -0.39 is 21.1 Å². The average Bonchev–Trinajstić information content (AvgIpc) is 2.52. The van der Waals surface area contributed by atoms with Gasteiger partial charge in [0.1, 0.15) is 5.41 Å². The van der Waals surface area contributed by atoms with E-state index in [0.717, 1.165) is 12.8 Å². The Bertz CT molecular complexity index is 386. The molecule has 78 valence electrons. The number of carbonyl (C=O) groups excluding carboxylic acids is 1. The normalized spacial score (nSPS) is 20.1. The summed E-state index contributed by atoms with van der Waals surface area (Å²) in [6.45, 7) is 2.99. The lowest BCUT2D eigenvalue weighted by molar-refractivity contribution is -0.123. The molecule has 1 aliphatic rings. The molecule has 1 saturated heterocycles. The molecule has 0 radical (unpaired) electrons. The number of amides is 1. The van der Waals surface area contributed by atoms with E-state index >= 15 is 0 Å². The summed E-state index contributed by atoms with van der Waals surface area (Å²) in [5.41, 5.74) is -1.15. The van der Waals surface area contributed by atoms with Gasteiger partial charge < -0.3 is 0 Å². The summed E-state index contributed by atoms with van der Waals surface area (Å²) in [6.07, 6.45) is 1.73. The summed E-state index contributed by atoms with van der Waals surface area (Å²) in [4.78, 5) is 11.5. The number of rotatable bonds is 1. The summed E-state index contributed by atoms with van der Waals surface area (Å²) in [5.74, 6) is 0.451. The molecule has 0 aromatic heterocycles. The van der Waals surface area contributed by atoms with E-state index in [0.29, 0.717) is 11.5 Å². The van der Waals surface area contributed by atoms with Gasteiger partial charge in [-0.3, -0.25) is 4.79 Å². The maximum atomic E-state index is 11.9. The Balaban J connectivity index is 2.95. The van der Waals surface area contributed by atoms with Crippen molar-refractivity contribution < 1.29 is 9.00 Å². The van der Waals surface area contributed by atoms with Crippen molar-refractivity contribution in [3.63, 3.8) is 0 Å². The first-order chi connectivity index (χ1) is 6.40. The number of nitrogens with zero attached hydrogens (tertiary/aromatic N) is 2. The molecule has 1 aliphatic heterocycles. The maximum absolute atomic E-state index is 11.9. The number of carbonyl (C=O) groups is 1. The summed E-state index contributed by atoms with van der Waals surface area (Å²) in [6, 6.07) is 1.86. The molecule has 0 aromatic carbocycles. The molecule has 1 amide bonds. The Morgan fingerprint density at radius 3 is 2.36 bits per heavy atom. The van der Waals surface area contributed by atoms with E-state index in [1.165, 1.54) is 13.8 Å². The van der Waals surface area contributed by atoms with Crippen molar-refractivity contribution >= 4 is 15.6 Å². The topological polar surface area (TPSA) is 70.3 Å². The predicted octanol–water partition coefficient (Wildman–Crippen LogP) is 1.32. The van der Waals surface area contributed by atoms with E-state index in [2.05, 4.69) is 4.36 Å². The van der Waals surface area contributed by atoms with E-state index in [-0.39, 0.29) is 0 Å². The molecule has 0 unspecified atom stereocenters. The van der Waals surface area contributed by atoms with E-state index in [1.54, 1.807) is 0 Å². The van der Waals surface area contributed by atoms with Crippen molar-refractivity contribution in [1.29, 1.82) is 5.26 Å². The average molecular weight is 214 g/mol. The molecule has 0 aromatic rings. The van der Waals surface area contributed by atoms with Gasteiger partial charge in [0.25, 0.3) is 5.91 Å². The molecule has 0 aliphatic carbocycles. The fourth-order valence-corrected chi connectivity index (χ4v) is 3.39. The van der Waals surface area contributed by atoms with Crippen LogP contribution in [0.5, 0.6) is 0 Å². The minimum atomic E-state index is -2.32. The Hall–Kier alpha value is -0.890. The SMILES string of the molecule is CC(C)(C#N)C(=O)N=S1(=O)CCCC1. The third-order valence-corrected chi connectivity index (χ3v) is 4.59. The molecule has 4 nitrogen and oxygen atoms in total. The lowest BCUT2D eigenvalue weighted by Crippen LogP contribution is -2.22. The third kappa shape index (κ3) is 2.32. The highest BCUT2D eigenvalue weighted by Gasteiger charge is 2.29. The van der Waals surface area contributed by atoms with E-state index in [9.17, 15) is 9.00 Å². The van der Waals surface area contributed by atoms with Gasteiger partial charge in [0.2, 0.25) is 0 Å². The maximum Gasteiger partial charge on any atom is 0.273 e. The van der Waals surface area contributed by atoms with Gasteiger partial charge in [-0.05, 0) is 26.7 Å². The monoisotopic (exact) mass is 214 g/mol. The van der Waals surface area contributed by atoms with Gasteiger partial charge in [-0.25, -0.2) is 4.21 Å². The minimum Gasteiger partial charge on any atom is -0.270 e. The summed E-state index contributed by atoms with van der Waals surface area (Å²) in [7, 11) is -2.32. The van der Waals surface area contributed by atoms with Gasteiger partial charge in [-0.2, -0.15) is 9.62 Å². The van der Waals surface area contributed by atoms with Crippen molar-refractivity contribution in [3.05, 3.63) is 0 Å². The van der Waals surface area contributed by atoms with Crippen LogP contribution in [0.1, 0.15) is 26.7 Å². The van der Waals surface area contributed by atoms with Crippen molar-refractivity contribution in [2.45, 2.75) is 26.7 Å². The minimum absolute atomic E-state index is 0.500. The smallest absolute Gasteiger partial charge is 0.270 e. The summed E-state index contributed by atoms with van der Waals surface area (Å²) in [5, 5.41) is 8.70. The van der Waals surface area contributed by atoms with E-state index in [1.807, 2.05) is 6.07 Å². The van der Waals surface area contributed by atoms with Crippen LogP contribution in [-0.4, -0.2) is 21.6 Å². The first-order valence-corrected chi connectivity index (χ1v) is 6.43. The first kappa shape index (κ1) is 11.2. The number of hydrogen-bond acceptors (Lipinski definition) is 3. The van der Waals surface area contributed by atoms with Crippen LogP contribution in [0.4, 0.5) is 0 Å². The van der Waals surface area contributed by atoms with Crippen LogP contribution in [0.25, 0.3) is 0 Å². The third-order valence-electron chi connectivity index (χ3n) is 2.24. The van der Waals surface area contributed by atoms with E-state index in [4.69, 9.17) is 5.26 Å². The molecule has 1 rings (SSSR count). The Labute approximate surface area is 84.5 Å². The second-order valence-corrected chi connectivity index (χ2v) is 6.57. The van der Waals surface area contributed by atoms with Crippen molar-refractivity contribution in [2.75, 3.05) is 11.5 Å². The highest BCUT2D eigenvalue weighted by Crippen LogP contribution is 2.20. The fourth-order valence-electron chi connectivity index (χ4n) is 1.16. The zero-order chi connectivity index (χ0) is 10.8. The van der Waals surface area contributed by atoms with Crippen LogP contribution in [0, 0.1) is 16.7 Å². The van der Waals surface area contributed by atoms with Gasteiger partial charge in [0.15, 0.2) is 0 Å². The molecule has 0 bridgehead atoms. The molecule has 5 heteroatoms. The highest BCUT2D eigenvalue weighted by atomic mass is 32.2. The number of nitriles is 1. The zero-order valence-corrected chi connectivity index (χ0v) is 9.26. The predicted molar refractivity (Wildman–Crippen MR) is 53.9 cm³/mol. The Kier molecular flexibility index (Phi) is 2.95. The van der Waals surface area contributed by atoms with Gasteiger partial charge in [0, 0.05) is 11.5 Å². The molecular weight excluding hydrogens is 200 g/mol. The van der Waals surface area contributed by atoms with Crippen LogP contribution in [0.15, 0.2) is 4.36 Å². The Morgan fingerprint density at radius 1 is 1.43 bits per heavy atom. The van der Waals surface area contributed by atoms with Crippen LogP contribution >= 0.6 is 0 Å². The first-order valence-electron chi connectivity index (χ1n) is 4.58. The second kappa shape index (κ2) is 3.70. The molecular formula is C9H14N2O2S. The lowest BCUT2D eigenvalue weighted by Gasteiger charge is -2.10. The second-order valence-electron chi connectivity index (χ2n) is 4.02. The van der Waals surface area contributed by atoms with Crippen molar-refractivity contribution in [1.82, 2.24) is 0 Å². The van der Waals surface area contributed by atoms with Crippen molar-refractivity contribution in [3.8, 4) is 6.07 Å². The molecule has 0 N–H and O–H groups in total. The standard InChI is InChI=1S/C9H14N2O2S/c1-9(2,7-10)8(12)11-14(13)5-3-4-6-14/h3-6H2,1-2H3. The zero-order valence-electron chi connectivity index (χ0n) is 8.45. The molecule has 0 spiro atoms. The van der Waals surface area contributed by atoms with Crippen LogP contribution in [0.2, 0.25) is 0 Å². The highest BCUT2D eigenvalue weighted by molar-refractivity contribution is 7.94.